The molecule has 6 nitrogen and oxygen atoms in total. The first kappa shape index (κ1) is 13.1. The average molecular weight is 262 g/mol. The van der Waals surface area contributed by atoms with Gasteiger partial charge < -0.3 is 19.6 Å². The summed E-state index contributed by atoms with van der Waals surface area (Å²) in [6.45, 7) is 1.58. The van der Waals surface area contributed by atoms with Crippen LogP contribution < -0.4 is 15.0 Å². The summed E-state index contributed by atoms with van der Waals surface area (Å²) in [4.78, 5) is 17.9. The number of H-pyrrole nitrogens is 1. The molecule has 0 spiro atoms. The highest BCUT2D eigenvalue weighted by atomic mass is 16.5. The highest BCUT2D eigenvalue weighted by Crippen LogP contribution is 2.31. The minimum Gasteiger partial charge on any atom is -0.493 e. The number of rotatable bonds is 4. The molecule has 0 radical (unpaired) electrons. The summed E-state index contributed by atoms with van der Waals surface area (Å²) >= 11 is 0. The predicted octanol–water partition coefficient (Wildman–Crippen LogP) is 1.37. The van der Waals surface area contributed by atoms with Gasteiger partial charge in [-0.05, 0) is 24.6 Å². The summed E-state index contributed by atoms with van der Waals surface area (Å²) in [7, 11) is 1.50. The van der Waals surface area contributed by atoms with Crippen LogP contribution in [-0.2, 0) is 6.61 Å². The van der Waals surface area contributed by atoms with E-state index >= 15 is 0 Å². The fourth-order valence-electron chi connectivity index (χ4n) is 1.61. The van der Waals surface area contributed by atoms with Crippen LogP contribution in [0.4, 0.5) is 0 Å². The molecule has 0 saturated heterocycles. The van der Waals surface area contributed by atoms with Gasteiger partial charge in [0.25, 0.3) is 5.56 Å². The summed E-state index contributed by atoms with van der Waals surface area (Å²) in [5.41, 5.74) is 0.424. The van der Waals surface area contributed by atoms with E-state index in [1.54, 1.807) is 25.1 Å². The number of hydrogen-bond donors (Lipinski definition) is 2. The van der Waals surface area contributed by atoms with E-state index in [0.29, 0.717) is 22.9 Å². The molecule has 1 heterocycles. The van der Waals surface area contributed by atoms with Crippen LogP contribution >= 0.6 is 0 Å². The zero-order chi connectivity index (χ0) is 13.8. The van der Waals surface area contributed by atoms with Crippen LogP contribution in [0.5, 0.6) is 17.4 Å². The van der Waals surface area contributed by atoms with Crippen molar-refractivity contribution >= 4 is 0 Å². The zero-order valence-corrected chi connectivity index (χ0v) is 10.6. The van der Waals surface area contributed by atoms with Crippen molar-refractivity contribution in [3.05, 3.63) is 46.0 Å². The fourth-order valence-corrected chi connectivity index (χ4v) is 1.61. The first-order valence-electron chi connectivity index (χ1n) is 5.66. The Hall–Kier alpha value is -2.34. The van der Waals surface area contributed by atoms with Crippen LogP contribution in [0.3, 0.4) is 0 Å². The van der Waals surface area contributed by atoms with E-state index in [-0.39, 0.29) is 18.0 Å². The number of aliphatic hydroxyl groups is 1. The van der Waals surface area contributed by atoms with Crippen molar-refractivity contribution in [2.75, 3.05) is 7.11 Å². The van der Waals surface area contributed by atoms with Gasteiger partial charge >= 0.3 is 0 Å². The SMILES string of the molecule is COc1cc(CO)ccc1Oc1cc(=O)[nH]c(C)n1. The maximum atomic E-state index is 11.3. The van der Waals surface area contributed by atoms with Gasteiger partial charge in [-0.3, -0.25) is 4.79 Å². The Bertz CT molecular complexity index is 637. The van der Waals surface area contributed by atoms with Gasteiger partial charge in [-0.2, -0.15) is 0 Å². The minimum atomic E-state index is -0.284. The maximum absolute atomic E-state index is 11.3. The summed E-state index contributed by atoms with van der Waals surface area (Å²) < 4.78 is 10.7. The number of aliphatic hydroxyl groups excluding tert-OH is 1. The summed E-state index contributed by atoms with van der Waals surface area (Å²) in [5.74, 6) is 1.55. The standard InChI is InChI=1S/C13H14N2O4/c1-8-14-12(17)6-13(15-8)19-10-4-3-9(7-16)5-11(10)18-2/h3-6,16H,7H2,1-2H3,(H,14,15,17). The van der Waals surface area contributed by atoms with Crippen molar-refractivity contribution in [2.45, 2.75) is 13.5 Å². The molecule has 2 aromatic rings. The molecule has 0 aliphatic heterocycles. The number of aryl methyl sites for hydroxylation is 1. The summed E-state index contributed by atoms with van der Waals surface area (Å²) in [6, 6.07) is 6.28. The van der Waals surface area contributed by atoms with E-state index in [0.717, 1.165) is 0 Å². The van der Waals surface area contributed by atoms with Gasteiger partial charge in [-0.25, -0.2) is 4.98 Å². The van der Waals surface area contributed by atoms with Gasteiger partial charge in [-0.1, -0.05) is 6.07 Å². The number of ether oxygens (including phenoxy) is 2. The van der Waals surface area contributed by atoms with Gasteiger partial charge in [0, 0.05) is 0 Å². The lowest BCUT2D eigenvalue weighted by Gasteiger charge is -2.10. The quantitative estimate of drug-likeness (QED) is 0.869. The highest BCUT2D eigenvalue weighted by molar-refractivity contribution is 5.44. The molecule has 1 aromatic heterocycles. The Labute approximate surface area is 109 Å². The topological polar surface area (TPSA) is 84.4 Å². The van der Waals surface area contributed by atoms with Crippen molar-refractivity contribution in [1.29, 1.82) is 0 Å². The number of aromatic amines is 1. The van der Waals surface area contributed by atoms with E-state index in [4.69, 9.17) is 14.6 Å². The fraction of sp³-hybridized carbons (Fsp3) is 0.231. The molecule has 0 aliphatic carbocycles. The smallest absolute Gasteiger partial charge is 0.254 e. The van der Waals surface area contributed by atoms with Crippen LogP contribution in [0.2, 0.25) is 0 Å². The molecule has 2 N–H and O–H groups in total. The van der Waals surface area contributed by atoms with Crippen LogP contribution in [0, 0.1) is 6.92 Å². The molecule has 0 saturated carbocycles. The number of methoxy groups -OCH3 is 1. The number of nitrogens with one attached hydrogen (secondary N) is 1. The molecule has 0 aliphatic rings. The van der Waals surface area contributed by atoms with Crippen molar-refractivity contribution < 1.29 is 14.6 Å². The molecule has 1 aromatic carbocycles. The van der Waals surface area contributed by atoms with Crippen LogP contribution in [0.1, 0.15) is 11.4 Å². The Balaban J connectivity index is 2.34. The van der Waals surface area contributed by atoms with Gasteiger partial charge in [-0.15, -0.1) is 0 Å². The monoisotopic (exact) mass is 262 g/mol. The number of aromatic nitrogens is 2. The largest absolute Gasteiger partial charge is 0.493 e. The molecule has 0 atom stereocenters. The van der Waals surface area contributed by atoms with E-state index < -0.39 is 0 Å². The molecule has 6 heteroatoms. The maximum Gasteiger partial charge on any atom is 0.254 e. The molecule has 100 valence electrons. The minimum absolute atomic E-state index is 0.0843. The van der Waals surface area contributed by atoms with E-state index in [2.05, 4.69) is 9.97 Å². The second-order valence-corrected chi connectivity index (χ2v) is 3.91. The van der Waals surface area contributed by atoms with E-state index in [1.807, 2.05) is 0 Å². The third kappa shape index (κ3) is 3.11. The normalized spacial score (nSPS) is 10.3. The second kappa shape index (κ2) is 5.53. The van der Waals surface area contributed by atoms with E-state index in [9.17, 15) is 4.79 Å². The van der Waals surface area contributed by atoms with Crippen molar-refractivity contribution in [2.24, 2.45) is 0 Å². The van der Waals surface area contributed by atoms with Crippen molar-refractivity contribution in [3.63, 3.8) is 0 Å². The summed E-state index contributed by atoms with van der Waals surface area (Å²) in [5, 5.41) is 9.06. The Morgan fingerprint density at radius 3 is 2.74 bits per heavy atom. The average Bonchev–Trinajstić information content (AvgIpc) is 2.38. The molecule has 0 unspecified atom stereocenters. The van der Waals surface area contributed by atoms with Crippen molar-refractivity contribution in [1.82, 2.24) is 9.97 Å². The molecular formula is C13H14N2O4. The Morgan fingerprint density at radius 2 is 2.11 bits per heavy atom. The third-order valence-electron chi connectivity index (χ3n) is 2.46. The molecule has 0 fully saturated rings. The van der Waals surface area contributed by atoms with Gasteiger partial charge in [0.15, 0.2) is 11.5 Å². The molecule has 0 amide bonds. The highest BCUT2D eigenvalue weighted by Gasteiger charge is 2.08. The molecule has 19 heavy (non-hydrogen) atoms. The van der Waals surface area contributed by atoms with Crippen LogP contribution in [0.15, 0.2) is 29.1 Å². The molecular weight excluding hydrogens is 248 g/mol. The third-order valence-corrected chi connectivity index (χ3v) is 2.46. The summed E-state index contributed by atoms with van der Waals surface area (Å²) in [6.07, 6.45) is 0. The van der Waals surface area contributed by atoms with Gasteiger partial charge in [0.2, 0.25) is 5.88 Å². The molecule has 0 bridgehead atoms. The predicted molar refractivity (Wildman–Crippen MR) is 68.6 cm³/mol. The first-order chi connectivity index (χ1) is 9.12. The van der Waals surface area contributed by atoms with E-state index in [1.165, 1.54) is 13.2 Å². The van der Waals surface area contributed by atoms with Crippen LogP contribution in [-0.4, -0.2) is 22.2 Å². The Morgan fingerprint density at radius 1 is 1.32 bits per heavy atom. The lowest BCUT2D eigenvalue weighted by atomic mass is 10.2. The van der Waals surface area contributed by atoms with Gasteiger partial charge in [0.1, 0.15) is 5.82 Å². The number of nitrogens with zero attached hydrogens (tertiary/aromatic N) is 1. The zero-order valence-electron chi connectivity index (χ0n) is 10.6. The number of hydrogen-bond acceptors (Lipinski definition) is 5. The second-order valence-electron chi connectivity index (χ2n) is 3.91. The first-order valence-corrected chi connectivity index (χ1v) is 5.66. The van der Waals surface area contributed by atoms with Crippen molar-refractivity contribution in [3.8, 4) is 17.4 Å². The Kier molecular flexibility index (Phi) is 3.82. The number of benzene rings is 1. The lowest BCUT2D eigenvalue weighted by molar-refractivity contribution is 0.280. The van der Waals surface area contributed by atoms with Crippen LogP contribution in [0.25, 0.3) is 0 Å². The lowest BCUT2D eigenvalue weighted by Crippen LogP contribution is -2.08. The molecule has 2 rings (SSSR count). The van der Waals surface area contributed by atoms with Gasteiger partial charge in [0.05, 0.1) is 19.8 Å².